The summed E-state index contributed by atoms with van der Waals surface area (Å²) in [7, 11) is 0. The van der Waals surface area contributed by atoms with Gasteiger partial charge in [-0.3, -0.25) is 4.79 Å². The molecule has 0 aromatic carbocycles. The van der Waals surface area contributed by atoms with Gasteiger partial charge in [0.25, 0.3) is 0 Å². The van der Waals surface area contributed by atoms with Gasteiger partial charge >= 0.3 is 6.09 Å². The van der Waals surface area contributed by atoms with Crippen LogP contribution in [0.2, 0.25) is 0 Å². The Labute approximate surface area is 94.0 Å². The van der Waals surface area contributed by atoms with Gasteiger partial charge in [0.05, 0.1) is 6.54 Å². The van der Waals surface area contributed by atoms with E-state index < -0.39 is 11.7 Å². The van der Waals surface area contributed by atoms with Gasteiger partial charge in [-0.2, -0.15) is 0 Å². The minimum Gasteiger partial charge on any atom is -0.444 e. The summed E-state index contributed by atoms with van der Waals surface area (Å²) in [6.07, 6.45) is 0.274. The van der Waals surface area contributed by atoms with E-state index in [1.165, 1.54) is 0 Å². The quantitative estimate of drug-likeness (QED) is 0.726. The molecule has 1 heterocycles. The van der Waals surface area contributed by atoms with Gasteiger partial charge in [-0.25, -0.2) is 4.79 Å². The van der Waals surface area contributed by atoms with E-state index in [1.54, 1.807) is 20.8 Å². The molecule has 1 amide bonds. The molecule has 0 saturated heterocycles. The van der Waals surface area contributed by atoms with Gasteiger partial charge in [0.1, 0.15) is 11.3 Å². The number of nitrogens with zero attached hydrogens (tertiary/aromatic N) is 1. The third kappa shape index (κ3) is 4.29. The van der Waals surface area contributed by atoms with Crippen LogP contribution in [-0.2, 0) is 14.4 Å². The standard InChI is InChI=1S/C10H16N2O4/c1-10(2,3)15-9(14)11-5-8-4-7(6-13)12-16-8/h6,8H,4-5H2,1-3H3,(H,11,14). The number of rotatable bonds is 3. The molecule has 0 bridgehead atoms. The highest BCUT2D eigenvalue weighted by atomic mass is 16.6. The van der Waals surface area contributed by atoms with Crippen molar-refractivity contribution in [2.45, 2.75) is 38.9 Å². The van der Waals surface area contributed by atoms with Gasteiger partial charge in [-0.15, -0.1) is 0 Å². The van der Waals surface area contributed by atoms with Crippen molar-refractivity contribution in [1.29, 1.82) is 0 Å². The van der Waals surface area contributed by atoms with E-state index in [0.29, 0.717) is 18.4 Å². The number of alkyl carbamates (subject to hydrolysis) is 1. The van der Waals surface area contributed by atoms with Crippen molar-refractivity contribution in [1.82, 2.24) is 5.32 Å². The van der Waals surface area contributed by atoms with Crippen LogP contribution >= 0.6 is 0 Å². The molecule has 1 atom stereocenters. The van der Waals surface area contributed by atoms with Crippen molar-refractivity contribution in [3.8, 4) is 0 Å². The Bertz CT molecular complexity index is 306. The van der Waals surface area contributed by atoms with Crippen molar-refractivity contribution in [2.75, 3.05) is 6.54 Å². The summed E-state index contributed by atoms with van der Waals surface area (Å²) < 4.78 is 5.04. The number of hydrogen-bond acceptors (Lipinski definition) is 5. The summed E-state index contributed by atoms with van der Waals surface area (Å²) in [4.78, 5) is 26.5. The van der Waals surface area contributed by atoms with Crippen LogP contribution in [0.3, 0.4) is 0 Å². The molecule has 6 heteroatoms. The van der Waals surface area contributed by atoms with Crippen molar-refractivity contribution in [3.63, 3.8) is 0 Å². The second kappa shape index (κ2) is 4.96. The number of carbonyl (C=O) groups is 2. The highest BCUT2D eigenvalue weighted by Gasteiger charge is 2.22. The zero-order valence-electron chi connectivity index (χ0n) is 9.65. The molecule has 0 aliphatic carbocycles. The third-order valence-electron chi connectivity index (χ3n) is 1.76. The Balaban J connectivity index is 2.22. The molecule has 1 rings (SSSR count). The fourth-order valence-electron chi connectivity index (χ4n) is 1.14. The molecule has 0 fully saturated rings. The second-order valence-electron chi connectivity index (χ2n) is 4.51. The number of carbonyl (C=O) groups excluding carboxylic acids is 2. The molecule has 0 saturated carbocycles. The smallest absolute Gasteiger partial charge is 0.407 e. The van der Waals surface area contributed by atoms with Gasteiger partial charge < -0.3 is 14.9 Å². The van der Waals surface area contributed by atoms with Gasteiger partial charge in [-0.1, -0.05) is 5.16 Å². The zero-order valence-corrected chi connectivity index (χ0v) is 9.65. The predicted octanol–water partition coefficient (Wildman–Crippen LogP) is 0.855. The molecule has 1 aliphatic rings. The maximum absolute atomic E-state index is 11.3. The summed E-state index contributed by atoms with van der Waals surface area (Å²) in [6.45, 7) is 5.63. The summed E-state index contributed by atoms with van der Waals surface area (Å²) in [6, 6.07) is 0. The Hall–Kier alpha value is -1.59. The van der Waals surface area contributed by atoms with E-state index in [9.17, 15) is 9.59 Å². The fraction of sp³-hybridized carbons (Fsp3) is 0.700. The molecule has 0 aromatic rings. The molecule has 0 spiro atoms. The van der Waals surface area contributed by atoms with Crippen molar-refractivity contribution in [2.24, 2.45) is 5.16 Å². The number of ether oxygens (including phenoxy) is 1. The predicted molar refractivity (Wildman–Crippen MR) is 57.2 cm³/mol. The first kappa shape index (κ1) is 12.5. The first-order chi connectivity index (χ1) is 7.40. The SMILES string of the molecule is CC(C)(C)OC(=O)NCC1CC(C=O)=NO1. The maximum Gasteiger partial charge on any atom is 0.407 e. The van der Waals surface area contributed by atoms with Crippen LogP contribution in [0.25, 0.3) is 0 Å². The number of nitrogens with one attached hydrogen (secondary N) is 1. The van der Waals surface area contributed by atoms with Crippen LogP contribution < -0.4 is 5.32 Å². The highest BCUT2D eigenvalue weighted by molar-refractivity contribution is 6.28. The molecule has 1 aliphatic heterocycles. The first-order valence-corrected chi connectivity index (χ1v) is 5.05. The van der Waals surface area contributed by atoms with E-state index in [4.69, 9.17) is 9.57 Å². The summed E-state index contributed by atoms with van der Waals surface area (Å²) in [5.74, 6) is 0. The Kier molecular flexibility index (Phi) is 3.87. The highest BCUT2D eigenvalue weighted by Crippen LogP contribution is 2.09. The zero-order chi connectivity index (χ0) is 12.2. The largest absolute Gasteiger partial charge is 0.444 e. The molecule has 0 aromatic heterocycles. The molecular weight excluding hydrogens is 212 g/mol. The number of oxime groups is 1. The Morgan fingerprint density at radius 2 is 2.38 bits per heavy atom. The molecule has 1 N–H and O–H groups in total. The summed E-state index contributed by atoms with van der Waals surface area (Å²) in [5.41, 5.74) is -0.165. The van der Waals surface area contributed by atoms with Crippen molar-refractivity contribution in [3.05, 3.63) is 0 Å². The van der Waals surface area contributed by atoms with Crippen LogP contribution in [-0.4, -0.2) is 36.3 Å². The van der Waals surface area contributed by atoms with Gasteiger partial charge in [0.2, 0.25) is 0 Å². The van der Waals surface area contributed by atoms with Gasteiger partial charge in [-0.05, 0) is 20.8 Å². The summed E-state index contributed by atoms with van der Waals surface area (Å²) in [5, 5.41) is 6.09. The van der Waals surface area contributed by atoms with Crippen LogP contribution in [0.5, 0.6) is 0 Å². The topological polar surface area (TPSA) is 77.0 Å². The lowest BCUT2D eigenvalue weighted by atomic mass is 10.2. The first-order valence-electron chi connectivity index (χ1n) is 5.05. The molecule has 0 radical (unpaired) electrons. The molecular formula is C10H16N2O4. The second-order valence-corrected chi connectivity index (χ2v) is 4.51. The van der Waals surface area contributed by atoms with Gasteiger partial charge in [0.15, 0.2) is 12.4 Å². The molecule has 1 unspecified atom stereocenters. The average molecular weight is 228 g/mol. The van der Waals surface area contributed by atoms with Crippen LogP contribution in [0, 0.1) is 0 Å². The minimum absolute atomic E-state index is 0.274. The lowest BCUT2D eigenvalue weighted by Crippen LogP contribution is -2.37. The lowest BCUT2D eigenvalue weighted by molar-refractivity contribution is -0.102. The maximum atomic E-state index is 11.3. The Morgan fingerprint density at radius 1 is 1.69 bits per heavy atom. The average Bonchev–Trinajstić information content (AvgIpc) is 2.59. The molecule has 6 nitrogen and oxygen atoms in total. The normalized spacial score (nSPS) is 19.7. The molecule has 16 heavy (non-hydrogen) atoms. The van der Waals surface area contributed by atoms with E-state index in [0.717, 1.165) is 0 Å². The fourth-order valence-corrected chi connectivity index (χ4v) is 1.14. The van der Waals surface area contributed by atoms with Gasteiger partial charge in [0, 0.05) is 6.42 Å². The van der Waals surface area contributed by atoms with E-state index in [2.05, 4.69) is 10.5 Å². The van der Waals surface area contributed by atoms with Crippen LogP contribution in [0.4, 0.5) is 4.79 Å². The number of aldehydes is 1. The number of amides is 1. The van der Waals surface area contributed by atoms with E-state index in [1.807, 2.05) is 0 Å². The monoisotopic (exact) mass is 228 g/mol. The van der Waals surface area contributed by atoms with E-state index in [-0.39, 0.29) is 12.6 Å². The number of hydrogen-bond donors (Lipinski definition) is 1. The van der Waals surface area contributed by atoms with Crippen LogP contribution in [0.15, 0.2) is 5.16 Å². The molecule has 90 valence electrons. The Morgan fingerprint density at radius 3 is 2.88 bits per heavy atom. The van der Waals surface area contributed by atoms with Crippen molar-refractivity contribution < 1.29 is 19.2 Å². The summed E-state index contributed by atoms with van der Waals surface area (Å²) >= 11 is 0. The van der Waals surface area contributed by atoms with Crippen LogP contribution in [0.1, 0.15) is 27.2 Å². The van der Waals surface area contributed by atoms with E-state index >= 15 is 0 Å². The third-order valence-corrected chi connectivity index (χ3v) is 1.76. The minimum atomic E-state index is -0.523. The van der Waals surface area contributed by atoms with Crippen molar-refractivity contribution >= 4 is 18.1 Å². The lowest BCUT2D eigenvalue weighted by Gasteiger charge is -2.20.